The summed E-state index contributed by atoms with van der Waals surface area (Å²) in [6, 6.07) is 0.675. The quantitative estimate of drug-likeness (QED) is 0.643. The molecule has 0 aliphatic heterocycles. The van der Waals surface area contributed by atoms with Crippen LogP contribution in [0.4, 0.5) is 0 Å². The Hall–Kier alpha value is -0.0800. The Morgan fingerprint density at radius 1 is 1.21 bits per heavy atom. The van der Waals surface area contributed by atoms with E-state index in [2.05, 4.69) is 12.2 Å². The van der Waals surface area contributed by atoms with E-state index in [1.807, 2.05) is 0 Å². The maximum Gasteiger partial charge on any atom is 0.0431 e. The lowest BCUT2D eigenvalue weighted by Crippen LogP contribution is -2.35. The zero-order chi connectivity index (χ0) is 10.2. The standard InChI is InChI=1S/C12H25NO/c1-11(13-9-5-6-10-14)12-7-3-2-4-8-12/h11-14H,2-10H2,1H3. The first-order valence-electron chi connectivity index (χ1n) is 6.19. The second-order valence-corrected chi connectivity index (χ2v) is 4.57. The van der Waals surface area contributed by atoms with Crippen molar-refractivity contribution < 1.29 is 5.11 Å². The van der Waals surface area contributed by atoms with Gasteiger partial charge >= 0.3 is 0 Å². The van der Waals surface area contributed by atoms with Crippen molar-refractivity contribution in [3.63, 3.8) is 0 Å². The average Bonchev–Trinajstić information content (AvgIpc) is 2.25. The summed E-state index contributed by atoms with van der Waals surface area (Å²) in [5.74, 6) is 0.901. The smallest absolute Gasteiger partial charge is 0.0431 e. The molecule has 1 rings (SSSR count). The number of nitrogens with one attached hydrogen (secondary N) is 1. The summed E-state index contributed by atoms with van der Waals surface area (Å²) in [5.41, 5.74) is 0. The Morgan fingerprint density at radius 2 is 1.93 bits per heavy atom. The highest BCUT2D eigenvalue weighted by Crippen LogP contribution is 2.26. The fourth-order valence-corrected chi connectivity index (χ4v) is 2.37. The van der Waals surface area contributed by atoms with Gasteiger partial charge in [-0.1, -0.05) is 19.3 Å². The third kappa shape index (κ3) is 4.43. The van der Waals surface area contributed by atoms with Crippen molar-refractivity contribution in [1.82, 2.24) is 5.32 Å². The fourth-order valence-electron chi connectivity index (χ4n) is 2.37. The highest BCUT2D eigenvalue weighted by molar-refractivity contribution is 4.75. The molecular weight excluding hydrogens is 174 g/mol. The number of hydrogen-bond acceptors (Lipinski definition) is 2. The van der Waals surface area contributed by atoms with Gasteiger partial charge in [0.15, 0.2) is 0 Å². The van der Waals surface area contributed by atoms with E-state index in [9.17, 15) is 0 Å². The van der Waals surface area contributed by atoms with Crippen LogP contribution in [0.1, 0.15) is 51.9 Å². The number of unbranched alkanes of at least 4 members (excludes halogenated alkanes) is 1. The minimum Gasteiger partial charge on any atom is -0.396 e. The maximum atomic E-state index is 8.65. The first-order chi connectivity index (χ1) is 6.84. The molecule has 0 aromatic carbocycles. The fraction of sp³-hybridized carbons (Fsp3) is 1.00. The van der Waals surface area contributed by atoms with Gasteiger partial charge in [0.2, 0.25) is 0 Å². The van der Waals surface area contributed by atoms with Gasteiger partial charge in [0, 0.05) is 12.6 Å². The molecule has 1 unspecified atom stereocenters. The molecule has 1 atom stereocenters. The lowest BCUT2D eigenvalue weighted by atomic mass is 9.84. The molecule has 1 aliphatic rings. The first kappa shape index (κ1) is 12.0. The lowest BCUT2D eigenvalue weighted by molar-refractivity contribution is 0.266. The van der Waals surface area contributed by atoms with Crippen LogP contribution < -0.4 is 5.32 Å². The summed E-state index contributed by atoms with van der Waals surface area (Å²) in [4.78, 5) is 0. The van der Waals surface area contributed by atoms with E-state index in [-0.39, 0.29) is 0 Å². The van der Waals surface area contributed by atoms with E-state index in [1.165, 1.54) is 32.1 Å². The highest BCUT2D eigenvalue weighted by Gasteiger charge is 2.18. The molecular formula is C12H25NO. The van der Waals surface area contributed by atoms with Crippen LogP contribution in [0.3, 0.4) is 0 Å². The molecule has 0 aromatic heterocycles. The molecule has 0 spiro atoms. The molecule has 1 aliphatic carbocycles. The molecule has 1 saturated carbocycles. The molecule has 0 bridgehead atoms. The predicted octanol–water partition coefficient (Wildman–Crippen LogP) is 2.32. The Balaban J connectivity index is 2.04. The third-order valence-electron chi connectivity index (χ3n) is 3.41. The monoisotopic (exact) mass is 199 g/mol. The second kappa shape index (κ2) is 7.24. The summed E-state index contributed by atoms with van der Waals surface area (Å²) < 4.78 is 0. The van der Waals surface area contributed by atoms with Gasteiger partial charge in [-0.15, -0.1) is 0 Å². The zero-order valence-corrected chi connectivity index (χ0v) is 9.47. The van der Waals surface area contributed by atoms with Crippen LogP contribution in [0.15, 0.2) is 0 Å². The van der Waals surface area contributed by atoms with Crippen LogP contribution >= 0.6 is 0 Å². The van der Waals surface area contributed by atoms with Gasteiger partial charge in [-0.2, -0.15) is 0 Å². The summed E-state index contributed by atoms with van der Waals surface area (Å²) in [7, 11) is 0. The van der Waals surface area contributed by atoms with Crippen molar-refractivity contribution in [2.24, 2.45) is 5.92 Å². The molecule has 1 fully saturated rings. The summed E-state index contributed by atoms with van der Waals surface area (Å²) in [6.07, 6.45) is 9.15. The van der Waals surface area contributed by atoms with Crippen molar-refractivity contribution in [2.45, 2.75) is 57.9 Å². The molecule has 0 aromatic rings. The molecule has 2 N–H and O–H groups in total. The summed E-state index contributed by atoms with van der Waals surface area (Å²) in [5, 5.41) is 12.2. The molecule has 14 heavy (non-hydrogen) atoms. The predicted molar refractivity (Wildman–Crippen MR) is 60.4 cm³/mol. The Labute approximate surface area is 88.1 Å². The summed E-state index contributed by atoms with van der Waals surface area (Å²) >= 11 is 0. The largest absolute Gasteiger partial charge is 0.396 e. The van der Waals surface area contributed by atoms with Gasteiger partial charge in [0.1, 0.15) is 0 Å². The van der Waals surface area contributed by atoms with E-state index in [0.717, 1.165) is 25.3 Å². The Kier molecular flexibility index (Phi) is 6.20. The van der Waals surface area contributed by atoms with Crippen molar-refractivity contribution in [1.29, 1.82) is 0 Å². The number of rotatable bonds is 6. The minimum absolute atomic E-state index is 0.333. The highest BCUT2D eigenvalue weighted by atomic mass is 16.2. The molecule has 84 valence electrons. The molecule has 0 radical (unpaired) electrons. The molecule has 2 nitrogen and oxygen atoms in total. The average molecular weight is 199 g/mol. The number of aliphatic hydroxyl groups is 1. The first-order valence-corrected chi connectivity index (χ1v) is 6.19. The number of aliphatic hydroxyl groups excluding tert-OH is 1. The van der Waals surface area contributed by atoms with E-state index in [1.54, 1.807) is 0 Å². The SMILES string of the molecule is CC(NCCCCO)C1CCCCC1. The van der Waals surface area contributed by atoms with Crippen molar-refractivity contribution >= 4 is 0 Å². The second-order valence-electron chi connectivity index (χ2n) is 4.57. The van der Waals surface area contributed by atoms with Gasteiger partial charge in [-0.05, 0) is 45.1 Å². The summed E-state index contributed by atoms with van der Waals surface area (Å²) in [6.45, 7) is 3.71. The lowest BCUT2D eigenvalue weighted by Gasteiger charge is -2.28. The Bertz CT molecular complexity index is 132. The van der Waals surface area contributed by atoms with Crippen LogP contribution in [0.5, 0.6) is 0 Å². The van der Waals surface area contributed by atoms with E-state index >= 15 is 0 Å². The minimum atomic E-state index is 0.333. The maximum absolute atomic E-state index is 8.65. The van der Waals surface area contributed by atoms with Crippen molar-refractivity contribution in [2.75, 3.05) is 13.2 Å². The van der Waals surface area contributed by atoms with Crippen LogP contribution in [0.25, 0.3) is 0 Å². The van der Waals surface area contributed by atoms with Gasteiger partial charge in [-0.3, -0.25) is 0 Å². The van der Waals surface area contributed by atoms with E-state index < -0.39 is 0 Å². The number of hydrogen-bond donors (Lipinski definition) is 2. The van der Waals surface area contributed by atoms with Crippen LogP contribution in [-0.2, 0) is 0 Å². The topological polar surface area (TPSA) is 32.3 Å². The molecule has 0 amide bonds. The normalized spacial score (nSPS) is 21.0. The van der Waals surface area contributed by atoms with Crippen molar-refractivity contribution in [3.05, 3.63) is 0 Å². The van der Waals surface area contributed by atoms with E-state index in [0.29, 0.717) is 12.6 Å². The van der Waals surface area contributed by atoms with Crippen LogP contribution in [0, 0.1) is 5.92 Å². The molecule has 0 heterocycles. The van der Waals surface area contributed by atoms with Crippen LogP contribution in [0.2, 0.25) is 0 Å². The van der Waals surface area contributed by atoms with Crippen molar-refractivity contribution in [3.8, 4) is 0 Å². The van der Waals surface area contributed by atoms with Gasteiger partial charge < -0.3 is 10.4 Å². The molecule has 0 saturated heterocycles. The van der Waals surface area contributed by atoms with Gasteiger partial charge in [0.05, 0.1) is 0 Å². The zero-order valence-electron chi connectivity index (χ0n) is 9.47. The molecule has 2 heteroatoms. The van der Waals surface area contributed by atoms with Crippen LogP contribution in [-0.4, -0.2) is 24.3 Å². The Morgan fingerprint density at radius 3 is 2.57 bits per heavy atom. The third-order valence-corrected chi connectivity index (χ3v) is 3.41. The van der Waals surface area contributed by atoms with Gasteiger partial charge in [0.25, 0.3) is 0 Å². The van der Waals surface area contributed by atoms with E-state index in [4.69, 9.17) is 5.11 Å². The van der Waals surface area contributed by atoms with Gasteiger partial charge in [-0.25, -0.2) is 0 Å².